The molecule has 220 valence electrons. The molecule has 1 aromatic rings. The van der Waals surface area contributed by atoms with Crippen LogP contribution in [0.15, 0.2) is 24.3 Å². The molecule has 2 rings (SSSR count). The molecule has 0 amide bonds. The van der Waals surface area contributed by atoms with Gasteiger partial charge in [0.05, 0.1) is 33.0 Å². The molecule has 0 bridgehead atoms. The van der Waals surface area contributed by atoms with Gasteiger partial charge < -0.3 is 35.3 Å². The molecule has 1 atom stereocenters. The van der Waals surface area contributed by atoms with E-state index in [0.717, 1.165) is 11.3 Å². The number of rotatable bonds is 12. The minimum absolute atomic E-state index is 0.0841. The summed E-state index contributed by atoms with van der Waals surface area (Å²) >= 11 is 0. The molecule has 0 radical (unpaired) electrons. The Kier molecular flexibility index (Phi) is 16.5. The first-order valence-corrected chi connectivity index (χ1v) is 12.5. The van der Waals surface area contributed by atoms with Crippen LogP contribution in [0.3, 0.4) is 0 Å². The van der Waals surface area contributed by atoms with Gasteiger partial charge in [-0.25, -0.2) is 0 Å². The van der Waals surface area contributed by atoms with Crippen molar-refractivity contribution in [2.24, 2.45) is 0 Å². The number of aliphatic carboxylic acids is 3. The third-order valence-electron chi connectivity index (χ3n) is 6.30. The lowest BCUT2D eigenvalue weighted by molar-refractivity contribution is -0.147. The number of anilines is 1. The van der Waals surface area contributed by atoms with E-state index in [0.29, 0.717) is 39.3 Å². The van der Waals surface area contributed by atoms with E-state index in [-0.39, 0.29) is 46.1 Å². The maximum Gasteiger partial charge on any atom is 0.323 e. The monoisotopic (exact) mass is 555 g/mol. The predicted molar refractivity (Wildman–Crippen MR) is 143 cm³/mol. The molecular weight excluding hydrogens is 514 g/mol. The van der Waals surface area contributed by atoms with E-state index in [1.807, 2.05) is 38.1 Å². The first kappa shape index (κ1) is 33.9. The second-order valence-corrected chi connectivity index (χ2v) is 8.95. The van der Waals surface area contributed by atoms with Crippen LogP contribution in [0.4, 0.5) is 5.69 Å². The fourth-order valence-electron chi connectivity index (χ4n) is 4.09. The molecule has 1 aliphatic rings. The molecule has 1 saturated heterocycles. The molecule has 1 heterocycles. The number of carboxylic acid groups (broad SMARTS) is 3. The zero-order chi connectivity index (χ0) is 29.2. The van der Waals surface area contributed by atoms with E-state index in [4.69, 9.17) is 9.53 Å². The van der Waals surface area contributed by atoms with E-state index in [1.165, 1.54) is 0 Å². The Morgan fingerprint density at radius 1 is 0.846 bits per heavy atom. The summed E-state index contributed by atoms with van der Waals surface area (Å²) in [5.41, 5.74) is 1.84. The topological polar surface area (TPSA) is 183 Å². The molecule has 39 heavy (non-hydrogen) atoms. The lowest BCUT2D eigenvalue weighted by atomic mass is 10.2. The molecule has 0 aliphatic carbocycles. The summed E-state index contributed by atoms with van der Waals surface area (Å²) in [6, 6.07) is 6.58. The summed E-state index contributed by atoms with van der Waals surface area (Å²) < 4.78 is 5.76. The van der Waals surface area contributed by atoms with Gasteiger partial charge in [-0.2, -0.15) is 0 Å². The normalized spacial score (nSPS) is 17.6. The van der Waals surface area contributed by atoms with Crippen LogP contribution in [0.25, 0.3) is 0 Å². The highest BCUT2D eigenvalue weighted by Crippen LogP contribution is 2.11. The molecule has 14 heteroatoms. The van der Waals surface area contributed by atoms with Crippen molar-refractivity contribution in [1.82, 2.24) is 19.6 Å². The number of nitrogens with one attached hydrogen (secondary N) is 1. The fraction of sp³-hybridized carbons (Fsp3) is 0.600. The first-order chi connectivity index (χ1) is 18.7. The van der Waals surface area contributed by atoms with Crippen molar-refractivity contribution < 1.29 is 44.3 Å². The Balaban J connectivity index is 0.00000371. The second-order valence-electron chi connectivity index (χ2n) is 8.95. The summed E-state index contributed by atoms with van der Waals surface area (Å²) in [6.07, 6.45) is 0. The number of carbonyl (C=O) groups excluding carboxylic acids is 1. The number of hydrogen-bond acceptors (Lipinski definition) is 11. The fourth-order valence-corrected chi connectivity index (χ4v) is 4.09. The van der Waals surface area contributed by atoms with E-state index in [9.17, 15) is 34.8 Å². The van der Waals surface area contributed by atoms with Crippen LogP contribution in [-0.2, 0) is 30.5 Å². The minimum atomic E-state index is -1.07. The van der Waals surface area contributed by atoms with Crippen LogP contribution < -0.4 is 5.32 Å². The minimum Gasteiger partial charge on any atom is -0.480 e. The van der Waals surface area contributed by atoms with Crippen molar-refractivity contribution in [3.63, 3.8) is 0 Å². The zero-order valence-corrected chi connectivity index (χ0v) is 22.4. The average Bonchev–Trinajstić information content (AvgIpc) is 2.91. The number of hydrogen-bond donors (Lipinski definition) is 5. The Labute approximate surface area is 228 Å². The molecule has 14 nitrogen and oxygen atoms in total. The zero-order valence-electron chi connectivity index (χ0n) is 22.4. The third-order valence-corrected chi connectivity index (χ3v) is 6.30. The summed E-state index contributed by atoms with van der Waals surface area (Å²) in [6.45, 7) is 4.08. The van der Waals surface area contributed by atoms with Crippen LogP contribution in [0.1, 0.15) is 5.56 Å². The van der Waals surface area contributed by atoms with Crippen LogP contribution >= 0.6 is 0 Å². The largest absolute Gasteiger partial charge is 0.480 e. The van der Waals surface area contributed by atoms with Crippen LogP contribution in [-0.4, -0.2) is 157 Å². The van der Waals surface area contributed by atoms with Crippen LogP contribution in [0.2, 0.25) is 0 Å². The Morgan fingerprint density at radius 3 is 1.72 bits per heavy atom. The first-order valence-electron chi connectivity index (χ1n) is 12.5. The number of aliphatic hydroxyl groups excluding tert-OH is 1. The SMILES string of the molecule is C=O.CNc1ccc(COCC(C(=O)O)N2CCN(CC(=O)O)CCN(CO)CCN(CC(=O)O)CC2)cc1. The van der Waals surface area contributed by atoms with Crippen LogP contribution in [0, 0.1) is 0 Å². The quantitative estimate of drug-likeness (QED) is 0.208. The average molecular weight is 556 g/mol. The van der Waals surface area contributed by atoms with Crippen molar-refractivity contribution in [3.05, 3.63) is 29.8 Å². The van der Waals surface area contributed by atoms with Crippen molar-refractivity contribution in [1.29, 1.82) is 0 Å². The van der Waals surface area contributed by atoms with Gasteiger partial charge in [0.2, 0.25) is 0 Å². The molecule has 0 saturated carbocycles. The highest BCUT2D eigenvalue weighted by molar-refractivity contribution is 5.73. The van der Waals surface area contributed by atoms with Gasteiger partial charge in [0.15, 0.2) is 0 Å². The third kappa shape index (κ3) is 13.5. The molecule has 0 aromatic heterocycles. The number of nitrogens with zero attached hydrogens (tertiary/aromatic N) is 4. The van der Waals surface area contributed by atoms with E-state index >= 15 is 0 Å². The van der Waals surface area contributed by atoms with Crippen LogP contribution in [0.5, 0.6) is 0 Å². The molecule has 0 spiro atoms. The molecule has 5 N–H and O–H groups in total. The maximum atomic E-state index is 12.2. The van der Waals surface area contributed by atoms with Gasteiger partial charge in [-0.3, -0.25) is 34.0 Å². The van der Waals surface area contributed by atoms with Gasteiger partial charge in [0.1, 0.15) is 12.8 Å². The van der Waals surface area contributed by atoms with E-state index < -0.39 is 23.9 Å². The number of carboxylic acids is 3. The predicted octanol–water partition coefficient (Wildman–Crippen LogP) is -1.15. The van der Waals surface area contributed by atoms with Crippen molar-refractivity contribution in [2.75, 3.05) is 91.1 Å². The van der Waals surface area contributed by atoms with Crippen molar-refractivity contribution in [2.45, 2.75) is 12.6 Å². The van der Waals surface area contributed by atoms with Gasteiger partial charge in [0.25, 0.3) is 0 Å². The summed E-state index contributed by atoms with van der Waals surface area (Å²) in [5.74, 6) is -3.06. The molecule has 1 unspecified atom stereocenters. The van der Waals surface area contributed by atoms with E-state index in [2.05, 4.69) is 5.32 Å². The number of aliphatic hydroxyl groups is 1. The summed E-state index contributed by atoms with van der Waals surface area (Å²) in [7, 11) is 1.82. The van der Waals surface area contributed by atoms with Gasteiger partial charge in [-0.1, -0.05) is 12.1 Å². The highest BCUT2D eigenvalue weighted by atomic mass is 16.5. The maximum absolute atomic E-state index is 12.2. The van der Waals surface area contributed by atoms with Gasteiger partial charge >= 0.3 is 17.9 Å². The lowest BCUT2D eigenvalue weighted by Gasteiger charge is -2.35. The van der Waals surface area contributed by atoms with Gasteiger partial charge in [-0.05, 0) is 17.7 Å². The molecular formula is C25H41N5O9. The molecule has 1 aliphatic heterocycles. The van der Waals surface area contributed by atoms with Gasteiger partial charge in [0, 0.05) is 65.1 Å². The Hall–Kier alpha value is -3.14. The Bertz CT molecular complexity index is 842. The highest BCUT2D eigenvalue weighted by Gasteiger charge is 2.28. The van der Waals surface area contributed by atoms with E-state index in [1.54, 1.807) is 19.6 Å². The standard InChI is InChI=1S/C24H39N5O8.CH2O/c1-25-20-4-2-19(3-5-20)16-37-17-21(24(35)36)29-12-10-26(14-22(31)32)6-8-28(18-30)9-7-27(11-13-29)15-23(33)34;1-2/h2-5,21,25,30H,6-18H2,1H3,(H,31,32)(H,33,34)(H,35,36);1H2. The van der Waals surface area contributed by atoms with Crippen molar-refractivity contribution >= 4 is 30.4 Å². The Morgan fingerprint density at radius 2 is 1.31 bits per heavy atom. The summed E-state index contributed by atoms with van der Waals surface area (Å²) in [5, 5.41) is 41.3. The molecule has 1 fully saturated rings. The molecule has 1 aromatic carbocycles. The number of ether oxygens (including phenoxy) is 1. The van der Waals surface area contributed by atoms with Gasteiger partial charge in [-0.15, -0.1) is 0 Å². The number of carbonyl (C=O) groups is 4. The number of benzene rings is 1. The summed E-state index contributed by atoms with van der Waals surface area (Å²) in [4.78, 5) is 49.8. The second kappa shape index (κ2) is 19.0. The van der Waals surface area contributed by atoms with Crippen molar-refractivity contribution in [3.8, 4) is 0 Å². The smallest absolute Gasteiger partial charge is 0.323 e. The lowest BCUT2D eigenvalue weighted by Crippen LogP contribution is -2.52.